The molecular weight excluding hydrogens is 216 g/mol. The zero-order valence-corrected chi connectivity index (χ0v) is 10.5. The average Bonchev–Trinajstić information content (AvgIpc) is 2.85. The van der Waals surface area contributed by atoms with Crippen LogP contribution in [0.3, 0.4) is 0 Å². The SMILES string of the molecule is CCN1CCC(CNc2ncc(OC)cn2)C1. The largest absolute Gasteiger partial charge is 0.494 e. The van der Waals surface area contributed by atoms with Crippen LogP contribution in [0.4, 0.5) is 5.95 Å². The van der Waals surface area contributed by atoms with Gasteiger partial charge >= 0.3 is 0 Å². The Kier molecular flexibility index (Phi) is 4.14. The molecule has 0 bridgehead atoms. The number of nitrogens with zero attached hydrogens (tertiary/aromatic N) is 3. The fourth-order valence-corrected chi connectivity index (χ4v) is 2.12. The van der Waals surface area contributed by atoms with Crippen molar-refractivity contribution in [1.82, 2.24) is 14.9 Å². The van der Waals surface area contributed by atoms with Crippen LogP contribution in [-0.4, -0.2) is 48.2 Å². The van der Waals surface area contributed by atoms with Crippen LogP contribution in [0, 0.1) is 5.92 Å². The van der Waals surface area contributed by atoms with E-state index in [2.05, 4.69) is 27.1 Å². The summed E-state index contributed by atoms with van der Waals surface area (Å²) in [6.45, 7) is 6.70. The number of hydrogen-bond acceptors (Lipinski definition) is 5. The second-order valence-corrected chi connectivity index (χ2v) is 4.38. The Hall–Kier alpha value is -1.36. The summed E-state index contributed by atoms with van der Waals surface area (Å²) < 4.78 is 5.02. The van der Waals surface area contributed by atoms with Gasteiger partial charge in [0.05, 0.1) is 19.5 Å². The molecule has 0 radical (unpaired) electrons. The van der Waals surface area contributed by atoms with Gasteiger partial charge in [0.1, 0.15) is 0 Å². The summed E-state index contributed by atoms with van der Waals surface area (Å²) in [5.74, 6) is 2.08. The van der Waals surface area contributed by atoms with Gasteiger partial charge in [0.2, 0.25) is 5.95 Å². The van der Waals surface area contributed by atoms with E-state index in [-0.39, 0.29) is 0 Å². The Morgan fingerprint density at radius 1 is 1.47 bits per heavy atom. The molecule has 1 atom stereocenters. The van der Waals surface area contributed by atoms with E-state index >= 15 is 0 Å². The van der Waals surface area contributed by atoms with Crippen LogP contribution in [-0.2, 0) is 0 Å². The zero-order valence-electron chi connectivity index (χ0n) is 10.5. The summed E-state index contributed by atoms with van der Waals surface area (Å²) in [6.07, 6.45) is 4.63. The molecule has 1 aromatic heterocycles. The Balaban J connectivity index is 1.78. The van der Waals surface area contributed by atoms with Crippen LogP contribution >= 0.6 is 0 Å². The number of ether oxygens (including phenoxy) is 1. The average molecular weight is 236 g/mol. The lowest BCUT2D eigenvalue weighted by atomic mass is 10.1. The maximum Gasteiger partial charge on any atom is 0.222 e. The molecule has 1 unspecified atom stereocenters. The molecule has 0 spiro atoms. The lowest BCUT2D eigenvalue weighted by Gasteiger charge is -2.13. The summed E-state index contributed by atoms with van der Waals surface area (Å²) in [4.78, 5) is 10.9. The van der Waals surface area contributed by atoms with Crippen molar-refractivity contribution < 1.29 is 4.74 Å². The highest BCUT2D eigenvalue weighted by Crippen LogP contribution is 2.16. The Morgan fingerprint density at radius 3 is 2.82 bits per heavy atom. The summed E-state index contributed by atoms with van der Waals surface area (Å²) >= 11 is 0. The molecular formula is C12H20N4O. The van der Waals surface area contributed by atoms with Gasteiger partial charge in [0.25, 0.3) is 0 Å². The fraction of sp³-hybridized carbons (Fsp3) is 0.667. The van der Waals surface area contributed by atoms with E-state index in [4.69, 9.17) is 4.74 Å². The molecule has 1 aliphatic heterocycles. The van der Waals surface area contributed by atoms with E-state index in [9.17, 15) is 0 Å². The Labute approximate surface area is 102 Å². The first-order valence-electron chi connectivity index (χ1n) is 6.14. The summed E-state index contributed by atoms with van der Waals surface area (Å²) in [7, 11) is 1.61. The second-order valence-electron chi connectivity index (χ2n) is 4.38. The molecule has 5 heteroatoms. The molecule has 5 nitrogen and oxygen atoms in total. The molecule has 1 N–H and O–H groups in total. The number of nitrogens with one attached hydrogen (secondary N) is 1. The third-order valence-electron chi connectivity index (χ3n) is 3.23. The minimum Gasteiger partial charge on any atom is -0.494 e. The van der Waals surface area contributed by atoms with E-state index in [1.165, 1.54) is 19.5 Å². The van der Waals surface area contributed by atoms with Crippen LogP contribution in [0.25, 0.3) is 0 Å². The number of aromatic nitrogens is 2. The van der Waals surface area contributed by atoms with Crippen molar-refractivity contribution in [2.45, 2.75) is 13.3 Å². The van der Waals surface area contributed by atoms with Gasteiger partial charge in [0, 0.05) is 13.1 Å². The maximum absolute atomic E-state index is 5.02. The molecule has 2 heterocycles. The van der Waals surface area contributed by atoms with Crippen LogP contribution < -0.4 is 10.1 Å². The molecule has 0 aliphatic carbocycles. The van der Waals surface area contributed by atoms with Gasteiger partial charge in [-0.25, -0.2) is 9.97 Å². The van der Waals surface area contributed by atoms with Crippen molar-refractivity contribution in [2.24, 2.45) is 5.92 Å². The van der Waals surface area contributed by atoms with Crippen LogP contribution in [0.1, 0.15) is 13.3 Å². The number of hydrogen-bond donors (Lipinski definition) is 1. The smallest absolute Gasteiger partial charge is 0.222 e. The predicted molar refractivity (Wildman–Crippen MR) is 67.3 cm³/mol. The lowest BCUT2D eigenvalue weighted by molar-refractivity contribution is 0.345. The fourth-order valence-electron chi connectivity index (χ4n) is 2.12. The Morgan fingerprint density at radius 2 is 2.24 bits per heavy atom. The quantitative estimate of drug-likeness (QED) is 0.833. The third kappa shape index (κ3) is 3.30. The lowest BCUT2D eigenvalue weighted by Crippen LogP contribution is -2.22. The van der Waals surface area contributed by atoms with Crippen LogP contribution in [0.15, 0.2) is 12.4 Å². The minimum absolute atomic E-state index is 0.681. The number of rotatable bonds is 5. The first kappa shape index (κ1) is 12.1. The van der Waals surface area contributed by atoms with Gasteiger partial charge in [-0.05, 0) is 25.4 Å². The molecule has 17 heavy (non-hydrogen) atoms. The number of anilines is 1. The van der Waals surface area contributed by atoms with Crippen LogP contribution in [0.5, 0.6) is 5.75 Å². The van der Waals surface area contributed by atoms with Crippen molar-refractivity contribution >= 4 is 5.95 Å². The monoisotopic (exact) mass is 236 g/mol. The molecule has 1 fully saturated rings. The maximum atomic E-state index is 5.02. The molecule has 0 amide bonds. The second kappa shape index (κ2) is 5.82. The molecule has 0 saturated carbocycles. The van der Waals surface area contributed by atoms with Crippen molar-refractivity contribution in [2.75, 3.05) is 38.6 Å². The van der Waals surface area contributed by atoms with Crippen LogP contribution in [0.2, 0.25) is 0 Å². The highest BCUT2D eigenvalue weighted by Gasteiger charge is 2.20. The van der Waals surface area contributed by atoms with Gasteiger partial charge < -0.3 is 15.0 Å². The highest BCUT2D eigenvalue weighted by molar-refractivity contribution is 5.27. The molecule has 1 aliphatic rings. The Bertz CT molecular complexity index is 341. The zero-order chi connectivity index (χ0) is 12.1. The number of likely N-dealkylation sites (tertiary alicyclic amines) is 1. The topological polar surface area (TPSA) is 50.3 Å². The normalized spacial score (nSPS) is 20.5. The summed E-state index contributed by atoms with van der Waals surface area (Å²) in [5, 5.41) is 3.28. The molecule has 1 saturated heterocycles. The van der Waals surface area contributed by atoms with Gasteiger partial charge in [-0.2, -0.15) is 0 Å². The number of methoxy groups -OCH3 is 1. The molecule has 1 aromatic rings. The summed E-state index contributed by atoms with van der Waals surface area (Å²) in [6, 6.07) is 0. The summed E-state index contributed by atoms with van der Waals surface area (Å²) in [5.41, 5.74) is 0. The van der Waals surface area contributed by atoms with Crippen molar-refractivity contribution in [3.8, 4) is 5.75 Å². The van der Waals surface area contributed by atoms with Gasteiger partial charge in [-0.3, -0.25) is 0 Å². The molecule has 0 aromatic carbocycles. The van der Waals surface area contributed by atoms with Crippen molar-refractivity contribution in [3.63, 3.8) is 0 Å². The van der Waals surface area contributed by atoms with E-state index in [1.807, 2.05) is 0 Å². The van der Waals surface area contributed by atoms with Gasteiger partial charge in [0.15, 0.2) is 5.75 Å². The van der Waals surface area contributed by atoms with Gasteiger partial charge in [-0.15, -0.1) is 0 Å². The minimum atomic E-state index is 0.681. The van der Waals surface area contributed by atoms with Crippen molar-refractivity contribution in [1.29, 1.82) is 0 Å². The molecule has 2 rings (SSSR count). The van der Waals surface area contributed by atoms with E-state index in [1.54, 1.807) is 19.5 Å². The first-order valence-corrected chi connectivity index (χ1v) is 6.14. The predicted octanol–water partition coefficient (Wildman–Crippen LogP) is 1.24. The van der Waals surface area contributed by atoms with E-state index < -0.39 is 0 Å². The standard InChI is InChI=1S/C12H20N4O/c1-3-16-5-4-10(9-16)6-13-12-14-7-11(17-2)8-15-12/h7-8,10H,3-6,9H2,1-2H3,(H,13,14,15). The van der Waals surface area contributed by atoms with E-state index in [0.717, 1.165) is 13.1 Å². The highest BCUT2D eigenvalue weighted by atomic mass is 16.5. The van der Waals surface area contributed by atoms with E-state index in [0.29, 0.717) is 17.6 Å². The first-order chi connectivity index (χ1) is 8.31. The third-order valence-corrected chi connectivity index (χ3v) is 3.23. The van der Waals surface area contributed by atoms with Gasteiger partial charge in [-0.1, -0.05) is 6.92 Å². The molecule has 94 valence electrons. The van der Waals surface area contributed by atoms with Crippen molar-refractivity contribution in [3.05, 3.63) is 12.4 Å².